The molecule has 1 atom stereocenters. The lowest BCUT2D eigenvalue weighted by Crippen LogP contribution is -2.30. The molecule has 2 aromatic rings. The molecule has 3 nitrogen and oxygen atoms in total. The van der Waals surface area contributed by atoms with Gasteiger partial charge in [0.2, 0.25) is 0 Å². The largest absolute Gasteiger partial charge is 0.454 e. The molecule has 0 amide bonds. The molecule has 25 heavy (non-hydrogen) atoms. The van der Waals surface area contributed by atoms with Gasteiger partial charge < -0.3 is 4.74 Å². The Hall–Kier alpha value is -2.68. The van der Waals surface area contributed by atoms with E-state index < -0.39 is 0 Å². The maximum atomic E-state index is 12.7. The summed E-state index contributed by atoms with van der Waals surface area (Å²) in [6.45, 7) is 0. The highest BCUT2D eigenvalue weighted by Gasteiger charge is 2.29. The highest BCUT2D eigenvalue weighted by molar-refractivity contribution is 6.09. The number of carbonyl (C=O) groups is 2. The topological polar surface area (TPSA) is 43.4 Å². The summed E-state index contributed by atoms with van der Waals surface area (Å²) in [5, 5.41) is 0. The van der Waals surface area contributed by atoms with Crippen molar-refractivity contribution in [3.05, 3.63) is 82.4 Å². The number of rotatable bonds is 3. The molecule has 0 saturated carbocycles. The molecule has 0 saturated heterocycles. The number of allylic oxidation sites excluding steroid dienone is 1. The number of fused-ring (bicyclic) bond motifs is 1. The third kappa shape index (κ3) is 3.14. The van der Waals surface area contributed by atoms with Gasteiger partial charge in [0.05, 0.1) is 5.56 Å². The molecule has 2 aliphatic rings. The highest BCUT2D eigenvalue weighted by atomic mass is 16.5. The van der Waals surface area contributed by atoms with Crippen LogP contribution in [-0.2, 0) is 11.2 Å². The van der Waals surface area contributed by atoms with Gasteiger partial charge in [0.1, 0.15) is 6.10 Å². The van der Waals surface area contributed by atoms with Crippen LogP contribution in [-0.4, -0.2) is 17.9 Å². The molecule has 0 aromatic heterocycles. The van der Waals surface area contributed by atoms with E-state index >= 15 is 0 Å². The first-order chi connectivity index (χ1) is 12.2. The first-order valence-corrected chi connectivity index (χ1v) is 8.85. The van der Waals surface area contributed by atoms with E-state index in [9.17, 15) is 9.59 Å². The first-order valence-electron chi connectivity index (χ1n) is 8.85. The molecule has 0 fully saturated rings. The van der Waals surface area contributed by atoms with Gasteiger partial charge in [0.25, 0.3) is 0 Å². The summed E-state index contributed by atoms with van der Waals surface area (Å²) in [4.78, 5) is 25.0. The quantitative estimate of drug-likeness (QED) is 0.472. The van der Waals surface area contributed by atoms with Crippen LogP contribution in [0.5, 0.6) is 0 Å². The molecule has 3 heteroatoms. The normalized spacial score (nSPS) is 19.6. The van der Waals surface area contributed by atoms with E-state index in [1.165, 1.54) is 12.0 Å². The average Bonchev–Trinajstić information content (AvgIpc) is 2.68. The standard InChI is InChI=1S/C22H20O3/c23-21(16-9-5-2-6-10-16)17-11-12-19-18(13-17)14-20(25-22(19)24)15-7-3-1-4-8-15/h2,5-7,9-13,20H,1,3-4,8,14H2. The molecule has 126 valence electrons. The molecular weight excluding hydrogens is 312 g/mol. The number of carbonyl (C=O) groups excluding carboxylic acids is 2. The zero-order valence-corrected chi connectivity index (χ0v) is 14.0. The van der Waals surface area contributed by atoms with Crippen LogP contribution in [0.4, 0.5) is 0 Å². The van der Waals surface area contributed by atoms with Gasteiger partial charge in [-0.3, -0.25) is 4.79 Å². The molecule has 0 radical (unpaired) electrons. The lowest BCUT2D eigenvalue weighted by atomic mass is 9.87. The number of hydrogen-bond acceptors (Lipinski definition) is 3. The van der Waals surface area contributed by atoms with Crippen molar-refractivity contribution >= 4 is 11.8 Å². The number of esters is 1. The average molecular weight is 332 g/mol. The van der Waals surface area contributed by atoms with Crippen LogP contribution in [0.25, 0.3) is 0 Å². The maximum Gasteiger partial charge on any atom is 0.339 e. The Morgan fingerprint density at radius 3 is 2.60 bits per heavy atom. The van der Waals surface area contributed by atoms with Crippen molar-refractivity contribution in [2.24, 2.45) is 0 Å². The highest BCUT2D eigenvalue weighted by Crippen LogP contribution is 2.30. The van der Waals surface area contributed by atoms with Crippen molar-refractivity contribution < 1.29 is 14.3 Å². The van der Waals surface area contributed by atoms with Crippen LogP contribution in [0, 0.1) is 0 Å². The Morgan fingerprint density at radius 1 is 1.00 bits per heavy atom. The van der Waals surface area contributed by atoms with Gasteiger partial charge in [0, 0.05) is 17.5 Å². The number of ether oxygens (including phenoxy) is 1. The van der Waals surface area contributed by atoms with Crippen molar-refractivity contribution in [2.75, 3.05) is 0 Å². The van der Waals surface area contributed by atoms with E-state index in [0.717, 1.165) is 24.8 Å². The Kier molecular flexibility index (Phi) is 4.22. The van der Waals surface area contributed by atoms with E-state index in [1.54, 1.807) is 12.1 Å². The van der Waals surface area contributed by atoms with Gasteiger partial charge in [-0.05, 0) is 49.0 Å². The molecule has 1 aliphatic carbocycles. The molecule has 4 rings (SSSR count). The Morgan fingerprint density at radius 2 is 1.84 bits per heavy atom. The lowest BCUT2D eigenvalue weighted by molar-refractivity contribution is 0.0326. The van der Waals surface area contributed by atoms with Crippen LogP contribution < -0.4 is 0 Å². The minimum absolute atomic E-state index is 0.0178. The monoisotopic (exact) mass is 332 g/mol. The summed E-state index contributed by atoms with van der Waals surface area (Å²) in [6, 6.07) is 14.5. The second-order valence-electron chi connectivity index (χ2n) is 6.69. The Labute approximate surface area is 147 Å². The van der Waals surface area contributed by atoms with E-state index in [1.807, 2.05) is 36.4 Å². The fraction of sp³-hybridized carbons (Fsp3) is 0.273. The van der Waals surface area contributed by atoms with Crippen LogP contribution in [0.2, 0.25) is 0 Å². The zero-order chi connectivity index (χ0) is 17.2. The summed E-state index contributed by atoms with van der Waals surface area (Å²) >= 11 is 0. The van der Waals surface area contributed by atoms with E-state index in [2.05, 4.69) is 6.08 Å². The fourth-order valence-corrected chi connectivity index (χ4v) is 3.66. The Balaban J connectivity index is 1.64. The first kappa shape index (κ1) is 15.8. The van der Waals surface area contributed by atoms with Crippen molar-refractivity contribution in [1.29, 1.82) is 0 Å². The van der Waals surface area contributed by atoms with Gasteiger partial charge in [-0.25, -0.2) is 4.79 Å². The van der Waals surface area contributed by atoms with Crippen LogP contribution in [0.3, 0.4) is 0 Å². The minimum Gasteiger partial charge on any atom is -0.454 e. The molecule has 0 spiro atoms. The van der Waals surface area contributed by atoms with Crippen LogP contribution in [0.1, 0.15) is 57.5 Å². The maximum absolute atomic E-state index is 12.7. The summed E-state index contributed by atoms with van der Waals surface area (Å²) in [5.41, 5.74) is 4.00. The smallest absolute Gasteiger partial charge is 0.339 e. The van der Waals surface area contributed by atoms with E-state index in [0.29, 0.717) is 23.1 Å². The molecule has 2 aromatic carbocycles. The SMILES string of the molecule is O=C(c1ccccc1)c1ccc2c(c1)CC(C1=CCCCC1)OC2=O. The molecule has 1 heterocycles. The number of benzene rings is 2. The molecule has 1 unspecified atom stereocenters. The van der Waals surface area contributed by atoms with Gasteiger partial charge in [0.15, 0.2) is 5.78 Å². The second-order valence-corrected chi connectivity index (χ2v) is 6.69. The lowest BCUT2D eigenvalue weighted by Gasteiger charge is -2.28. The fourth-order valence-electron chi connectivity index (χ4n) is 3.66. The zero-order valence-electron chi connectivity index (χ0n) is 14.0. The van der Waals surface area contributed by atoms with Gasteiger partial charge in [-0.2, -0.15) is 0 Å². The predicted octanol–water partition coefficient (Wildman–Crippen LogP) is 4.50. The Bertz CT molecular complexity index is 849. The molecule has 0 bridgehead atoms. The summed E-state index contributed by atoms with van der Waals surface area (Å²) in [7, 11) is 0. The number of hydrogen-bond donors (Lipinski definition) is 0. The third-order valence-electron chi connectivity index (χ3n) is 5.02. The van der Waals surface area contributed by atoms with Gasteiger partial charge in [-0.1, -0.05) is 42.5 Å². The third-order valence-corrected chi connectivity index (χ3v) is 5.02. The molecule has 1 aliphatic heterocycles. The van der Waals surface area contributed by atoms with Crippen molar-refractivity contribution in [2.45, 2.75) is 38.2 Å². The number of cyclic esters (lactones) is 1. The van der Waals surface area contributed by atoms with Crippen LogP contribution in [0.15, 0.2) is 60.2 Å². The van der Waals surface area contributed by atoms with Crippen molar-refractivity contribution in [3.63, 3.8) is 0 Å². The second kappa shape index (κ2) is 6.67. The van der Waals surface area contributed by atoms with Gasteiger partial charge >= 0.3 is 5.97 Å². The van der Waals surface area contributed by atoms with Crippen molar-refractivity contribution in [3.8, 4) is 0 Å². The van der Waals surface area contributed by atoms with Gasteiger partial charge in [-0.15, -0.1) is 0 Å². The summed E-state index contributed by atoms with van der Waals surface area (Å²) in [5.74, 6) is -0.299. The summed E-state index contributed by atoms with van der Waals surface area (Å²) < 4.78 is 5.65. The van der Waals surface area contributed by atoms with E-state index in [4.69, 9.17) is 4.74 Å². The summed E-state index contributed by atoms with van der Waals surface area (Å²) in [6.07, 6.45) is 7.10. The van der Waals surface area contributed by atoms with Crippen molar-refractivity contribution in [1.82, 2.24) is 0 Å². The minimum atomic E-state index is -0.281. The van der Waals surface area contributed by atoms with E-state index in [-0.39, 0.29) is 17.9 Å². The predicted molar refractivity (Wildman–Crippen MR) is 95.8 cm³/mol. The molecule has 0 N–H and O–H groups in total. The van der Waals surface area contributed by atoms with Crippen LogP contribution >= 0.6 is 0 Å². The number of ketones is 1. The molecular formula is C22H20O3.